The number of amides is 2. The van der Waals surface area contributed by atoms with E-state index in [1.54, 1.807) is 11.8 Å². The van der Waals surface area contributed by atoms with E-state index in [0.29, 0.717) is 43.1 Å². The number of carbonyl (C=O) groups is 3. The molecule has 1 aliphatic rings. The summed E-state index contributed by atoms with van der Waals surface area (Å²) in [6, 6.07) is 0. The number of methoxy groups -OCH3 is 1. The van der Waals surface area contributed by atoms with Crippen LogP contribution in [0.15, 0.2) is 0 Å². The average molecular weight is 354 g/mol. The smallest absolute Gasteiger partial charge is 0.410 e. The molecule has 8 heteroatoms. The Morgan fingerprint density at radius 2 is 2.04 bits per heavy atom. The Balaban J connectivity index is 2.29. The van der Waals surface area contributed by atoms with Crippen LogP contribution in [0.2, 0.25) is 0 Å². The third kappa shape index (κ3) is 3.87. The van der Waals surface area contributed by atoms with Crippen molar-refractivity contribution in [2.24, 2.45) is 0 Å². The van der Waals surface area contributed by atoms with Gasteiger partial charge in [-0.15, -0.1) is 11.3 Å². The molecule has 0 saturated heterocycles. The Kier molecular flexibility index (Phi) is 6.19. The van der Waals surface area contributed by atoms with Gasteiger partial charge in [0.15, 0.2) is 0 Å². The highest BCUT2D eigenvalue weighted by atomic mass is 32.1. The highest BCUT2D eigenvalue weighted by molar-refractivity contribution is 7.17. The van der Waals surface area contributed by atoms with Crippen LogP contribution in [0.3, 0.4) is 0 Å². The van der Waals surface area contributed by atoms with Gasteiger partial charge in [0.1, 0.15) is 5.00 Å². The molecule has 2 rings (SSSR count). The van der Waals surface area contributed by atoms with E-state index >= 15 is 0 Å². The molecule has 0 unspecified atom stereocenters. The maximum Gasteiger partial charge on any atom is 0.410 e. The van der Waals surface area contributed by atoms with E-state index in [0.717, 1.165) is 16.9 Å². The Labute approximate surface area is 144 Å². The van der Waals surface area contributed by atoms with Gasteiger partial charge in [0.05, 0.1) is 25.8 Å². The molecule has 7 nitrogen and oxygen atoms in total. The van der Waals surface area contributed by atoms with Crippen molar-refractivity contribution in [3.8, 4) is 0 Å². The van der Waals surface area contributed by atoms with Gasteiger partial charge in [0.2, 0.25) is 5.91 Å². The summed E-state index contributed by atoms with van der Waals surface area (Å²) in [5.41, 5.74) is 1.25. The zero-order valence-electron chi connectivity index (χ0n) is 14.1. The van der Waals surface area contributed by atoms with Crippen LogP contribution in [0.5, 0.6) is 0 Å². The first-order valence-corrected chi connectivity index (χ1v) is 8.77. The Hall–Kier alpha value is -2.09. The molecule has 1 aromatic rings. The number of fused-ring (bicyclic) bond motifs is 1. The molecule has 2 amide bonds. The van der Waals surface area contributed by atoms with Crippen LogP contribution >= 0.6 is 11.3 Å². The van der Waals surface area contributed by atoms with Crippen molar-refractivity contribution in [1.29, 1.82) is 0 Å². The van der Waals surface area contributed by atoms with Crippen molar-refractivity contribution < 1.29 is 23.9 Å². The van der Waals surface area contributed by atoms with E-state index in [1.165, 1.54) is 18.4 Å². The SMILES string of the molecule is CCCC(=O)Nc1sc2c(c1C(=O)OC)CCN(C(=O)OCC)C2. The topological polar surface area (TPSA) is 84.9 Å². The molecule has 0 saturated carbocycles. The predicted octanol–water partition coefficient (Wildman–Crippen LogP) is 2.79. The minimum Gasteiger partial charge on any atom is -0.465 e. The number of anilines is 1. The summed E-state index contributed by atoms with van der Waals surface area (Å²) < 4.78 is 9.90. The first kappa shape index (κ1) is 18.3. The molecule has 0 fully saturated rings. The summed E-state index contributed by atoms with van der Waals surface area (Å²) in [4.78, 5) is 38.4. The number of nitrogens with zero attached hydrogens (tertiary/aromatic N) is 1. The third-order valence-corrected chi connectivity index (χ3v) is 4.83. The van der Waals surface area contributed by atoms with Crippen LogP contribution < -0.4 is 5.32 Å². The molecule has 2 heterocycles. The zero-order chi connectivity index (χ0) is 17.7. The molecule has 1 aliphatic heterocycles. The van der Waals surface area contributed by atoms with E-state index < -0.39 is 5.97 Å². The van der Waals surface area contributed by atoms with Gasteiger partial charge in [-0.2, -0.15) is 0 Å². The van der Waals surface area contributed by atoms with Gasteiger partial charge in [-0.05, 0) is 25.3 Å². The number of carbonyl (C=O) groups excluding carboxylic acids is 3. The Morgan fingerprint density at radius 1 is 1.29 bits per heavy atom. The predicted molar refractivity (Wildman–Crippen MR) is 90.3 cm³/mol. The molecule has 1 aromatic heterocycles. The van der Waals surface area contributed by atoms with Gasteiger partial charge in [-0.1, -0.05) is 6.92 Å². The van der Waals surface area contributed by atoms with Crippen LogP contribution in [0.4, 0.5) is 9.80 Å². The average Bonchev–Trinajstić information content (AvgIpc) is 2.91. The van der Waals surface area contributed by atoms with Gasteiger partial charge in [-0.25, -0.2) is 9.59 Å². The van der Waals surface area contributed by atoms with Gasteiger partial charge >= 0.3 is 12.1 Å². The van der Waals surface area contributed by atoms with E-state index in [1.807, 2.05) is 6.92 Å². The van der Waals surface area contributed by atoms with Crippen molar-refractivity contribution >= 4 is 34.3 Å². The van der Waals surface area contributed by atoms with Crippen molar-refractivity contribution in [1.82, 2.24) is 4.90 Å². The standard InChI is InChI=1S/C16H22N2O5S/c1-4-6-12(19)17-14-13(15(20)22-3)10-7-8-18(9-11(10)24-14)16(21)23-5-2/h4-9H2,1-3H3,(H,17,19). The number of hydrogen-bond donors (Lipinski definition) is 1. The fourth-order valence-corrected chi connectivity index (χ4v) is 3.86. The second-order valence-electron chi connectivity index (χ2n) is 5.37. The molecule has 132 valence electrons. The molecule has 0 bridgehead atoms. The lowest BCUT2D eigenvalue weighted by Crippen LogP contribution is -2.36. The highest BCUT2D eigenvalue weighted by Crippen LogP contribution is 2.37. The van der Waals surface area contributed by atoms with Crippen molar-refractivity contribution in [3.05, 3.63) is 16.0 Å². The molecule has 0 radical (unpaired) electrons. The minimum absolute atomic E-state index is 0.136. The fraction of sp³-hybridized carbons (Fsp3) is 0.562. The number of esters is 1. The number of nitrogens with one attached hydrogen (secondary N) is 1. The highest BCUT2D eigenvalue weighted by Gasteiger charge is 2.31. The fourth-order valence-electron chi connectivity index (χ4n) is 2.60. The first-order chi connectivity index (χ1) is 11.5. The van der Waals surface area contributed by atoms with Gasteiger partial charge in [0, 0.05) is 17.8 Å². The molecule has 0 aliphatic carbocycles. The summed E-state index contributed by atoms with van der Waals surface area (Å²) >= 11 is 1.32. The van der Waals surface area contributed by atoms with E-state index in [4.69, 9.17) is 9.47 Å². The number of ether oxygens (including phenoxy) is 2. The monoisotopic (exact) mass is 354 g/mol. The largest absolute Gasteiger partial charge is 0.465 e. The maximum atomic E-state index is 12.2. The van der Waals surface area contributed by atoms with Crippen molar-refractivity contribution in [2.75, 3.05) is 25.6 Å². The van der Waals surface area contributed by atoms with Crippen LogP contribution in [0.25, 0.3) is 0 Å². The Morgan fingerprint density at radius 3 is 2.67 bits per heavy atom. The van der Waals surface area contributed by atoms with Crippen molar-refractivity contribution in [2.45, 2.75) is 39.7 Å². The third-order valence-electron chi connectivity index (χ3n) is 3.70. The van der Waals surface area contributed by atoms with E-state index in [-0.39, 0.29) is 12.0 Å². The maximum absolute atomic E-state index is 12.2. The number of hydrogen-bond acceptors (Lipinski definition) is 6. The lowest BCUT2D eigenvalue weighted by molar-refractivity contribution is -0.116. The van der Waals surface area contributed by atoms with Crippen LogP contribution in [0.1, 0.15) is 47.5 Å². The molecule has 0 aromatic carbocycles. The second-order valence-corrected chi connectivity index (χ2v) is 6.47. The lowest BCUT2D eigenvalue weighted by Gasteiger charge is -2.26. The summed E-state index contributed by atoms with van der Waals surface area (Å²) in [5.74, 6) is -0.604. The minimum atomic E-state index is -0.469. The number of thiophene rings is 1. The zero-order valence-corrected chi connectivity index (χ0v) is 15.0. The second kappa shape index (κ2) is 8.14. The van der Waals surface area contributed by atoms with Crippen LogP contribution in [0, 0.1) is 0 Å². The van der Waals surface area contributed by atoms with Crippen LogP contribution in [-0.4, -0.2) is 43.1 Å². The van der Waals surface area contributed by atoms with E-state index in [2.05, 4.69) is 5.32 Å². The molecule has 0 atom stereocenters. The molecular weight excluding hydrogens is 332 g/mol. The molecule has 24 heavy (non-hydrogen) atoms. The normalized spacial score (nSPS) is 13.2. The Bertz CT molecular complexity index is 641. The van der Waals surface area contributed by atoms with Gasteiger partial charge in [-0.3, -0.25) is 4.79 Å². The summed E-state index contributed by atoms with van der Waals surface area (Å²) in [6.45, 7) is 4.83. The summed E-state index contributed by atoms with van der Waals surface area (Å²) in [5, 5.41) is 3.29. The summed E-state index contributed by atoms with van der Waals surface area (Å²) in [7, 11) is 1.32. The van der Waals surface area contributed by atoms with Gasteiger partial charge < -0.3 is 19.7 Å². The quantitative estimate of drug-likeness (QED) is 0.822. The number of rotatable bonds is 5. The molecule has 0 spiro atoms. The van der Waals surface area contributed by atoms with Crippen LogP contribution in [-0.2, 0) is 27.2 Å². The lowest BCUT2D eigenvalue weighted by atomic mass is 10.0. The summed E-state index contributed by atoms with van der Waals surface area (Å²) in [6.07, 6.45) is 1.27. The van der Waals surface area contributed by atoms with E-state index in [9.17, 15) is 14.4 Å². The van der Waals surface area contributed by atoms with Gasteiger partial charge in [0.25, 0.3) is 0 Å². The first-order valence-electron chi connectivity index (χ1n) is 7.96. The molecule has 1 N–H and O–H groups in total. The van der Waals surface area contributed by atoms with Crippen molar-refractivity contribution in [3.63, 3.8) is 0 Å². The molecular formula is C16H22N2O5S.